The zero-order valence-electron chi connectivity index (χ0n) is 18.8. The molecule has 7 heteroatoms. The summed E-state index contributed by atoms with van der Waals surface area (Å²) in [5, 5.41) is 3.82. The maximum atomic E-state index is 13.3. The molecule has 3 aromatic rings. The van der Waals surface area contributed by atoms with E-state index >= 15 is 0 Å². The largest absolute Gasteiger partial charge is 0.456 e. The molecular weight excluding hydrogens is 444 g/mol. The molecule has 3 aromatic carbocycles. The quantitative estimate of drug-likeness (QED) is 0.493. The van der Waals surface area contributed by atoms with Crippen molar-refractivity contribution in [3.63, 3.8) is 0 Å². The van der Waals surface area contributed by atoms with Crippen molar-refractivity contribution in [3.8, 4) is 0 Å². The van der Waals surface area contributed by atoms with Gasteiger partial charge in [0, 0.05) is 10.8 Å². The van der Waals surface area contributed by atoms with Gasteiger partial charge in [0.2, 0.25) is 0 Å². The van der Waals surface area contributed by atoms with Crippen LogP contribution in [0, 0.1) is 0 Å². The maximum Gasteiger partial charge on any atom is 0.346 e. The average molecular weight is 469 g/mol. The van der Waals surface area contributed by atoms with Crippen LogP contribution in [-0.2, 0) is 19.1 Å². The second-order valence-electron chi connectivity index (χ2n) is 9.57. The molecule has 1 aliphatic heterocycles. The van der Waals surface area contributed by atoms with Gasteiger partial charge in [-0.05, 0) is 52.3 Å². The van der Waals surface area contributed by atoms with Crippen LogP contribution in [0.1, 0.15) is 41.5 Å². The molecule has 32 heavy (non-hydrogen) atoms. The molecule has 0 saturated heterocycles. The molecule has 0 fully saturated rings. The third-order valence-corrected chi connectivity index (χ3v) is 7.17. The summed E-state index contributed by atoms with van der Waals surface area (Å²) in [7, 11) is 0. The molecule has 0 unspecified atom stereocenters. The van der Waals surface area contributed by atoms with E-state index in [0.717, 1.165) is 39.7 Å². The Balaban J connectivity index is 1.90. The summed E-state index contributed by atoms with van der Waals surface area (Å²) in [6.45, 7) is 10.6. The highest BCUT2D eigenvalue weighted by molar-refractivity contribution is 8.36. The van der Waals surface area contributed by atoms with E-state index in [9.17, 15) is 14.4 Å². The standard InChI is InChI=1S/C25H24O5S2/c1-24(2,3)29-21(27)19-20(22(28)30-25(4,5)6)32-23(31-19)17-14-11-7-9-13-10-8-12-15(16(13)14)18(17)26/h7-12H,1-6H3. The molecule has 0 N–H and O–H groups in total. The number of benzene rings is 2. The summed E-state index contributed by atoms with van der Waals surface area (Å²) in [5.74, 6) is -1.21. The van der Waals surface area contributed by atoms with E-state index in [0.29, 0.717) is 14.8 Å². The summed E-state index contributed by atoms with van der Waals surface area (Å²) in [6.07, 6.45) is 0. The Kier molecular flexibility index (Phi) is 5.54. The Hall–Kier alpha value is -2.51. The lowest BCUT2D eigenvalue weighted by molar-refractivity contribution is -0.152. The van der Waals surface area contributed by atoms with E-state index in [1.54, 1.807) is 41.5 Å². The highest BCUT2D eigenvalue weighted by atomic mass is 32.2. The van der Waals surface area contributed by atoms with E-state index in [2.05, 4.69) is 0 Å². The van der Waals surface area contributed by atoms with Crippen molar-refractivity contribution in [1.29, 1.82) is 0 Å². The lowest BCUT2D eigenvalue weighted by Gasteiger charge is -2.21. The molecule has 0 saturated carbocycles. The van der Waals surface area contributed by atoms with Gasteiger partial charge in [0.1, 0.15) is 21.0 Å². The first kappa shape index (κ1) is 22.7. The van der Waals surface area contributed by atoms with Crippen molar-refractivity contribution in [3.05, 3.63) is 61.7 Å². The second kappa shape index (κ2) is 7.81. The smallest absolute Gasteiger partial charge is 0.346 e. The minimum absolute atomic E-state index is 0.110. The van der Waals surface area contributed by atoms with E-state index in [1.165, 1.54) is 0 Å². The van der Waals surface area contributed by atoms with Gasteiger partial charge in [0.25, 0.3) is 0 Å². The number of esters is 2. The first-order valence-corrected chi connectivity index (χ1v) is 11.9. The zero-order chi connectivity index (χ0) is 23.4. The van der Waals surface area contributed by atoms with Crippen LogP contribution in [0.4, 0.5) is 0 Å². The van der Waals surface area contributed by atoms with Gasteiger partial charge in [-0.2, -0.15) is 0 Å². The fourth-order valence-electron chi connectivity index (χ4n) is 3.52. The Labute approximate surface area is 194 Å². The molecule has 5 nitrogen and oxygen atoms in total. The molecule has 1 aliphatic rings. The molecule has 0 aliphatic carbocycles. The number of hydrogen-bond donors (Lipinski definition) is 0. The second-order valence-corrected chi connectivity index (χ2v) is 11.9. The van der Waals surface area contributed by atoms with Crippen molar-refractivity contribution in [2.45, 2.75) is 52.7 Å². The van der Waals surface area contributed by atoms with E-state index in [1.807, 2.05) is 36.4 Å². The first-order valence-electron chi connectivity index (χ1n) is 10.2. The van der Waals surface area contributed by atoms with E-state index in [4.69, 9.17) is 9.47 Å². The SMILES string of the molecule is CC(C)(C)OC(=O)C1=C(C(=O)OC(C)(C)C)SC(=c2c(=O)c3cccc4cccc2c43)S1. The number of thioether (sulfide) groups is 2. The molecule has 0 atom stereocenters. The summed E-state index contributed by atoms with van der Waals surface area (Å²) in [5.41, 5.74) is -1.56. The van der Waals surface area contributed by atoms with Crippen LogP contribution < -0.4 is 10.6 Å². The fraction of sp³-hybridized carbons (Fsp3) is 0.320. The van der Waals surface area contributed by atoms with Crippen LogP contribution in [0.2, 0.25) is 0 Å². The van der Waals surface area contributed by atoms with Gasteiger partial charge < -0.3 is 9.47 Å². The van der Waals surface area contributed by atoms with E-state index < -0.39 is 23.1 Å². The molecule has 0 amide bonds. The Morgan fingerprint density at radius 1 is 0.750 bits per heavy atom. The molecule has 1 heterocycles. The van der Waals surface area contributed by atoms with Crippen LogP contribution in [0.3, 0.4) is 0 Å². The van der Waals surface area contributed by atoms with Gasteiger partial charge in [-0.1, -0.05) is 59.9 Å². The summed E-state index contributed by atoms with van der Waals surface area (Å²) in [6, 6.07) is 11.4. The molecule has 0 aromatic heterocycles. The summed E-state index contributed by atoms with van der Waals surface area (Å²) in [4.78, 5) is 39.6. The van der Waals surface area contributed by atoms with Gasteiger partial charge in [-0.25, -0.2) is 9.59 Å². The Morgan fingerprint density at radius 2 is 1.22 bits per heavy atom. The lowest BCUT2D eigenvalue weighted by Crippen LogP contribution is -2.27. The monoisotopic (exact) mass is 468 g/mol. The minimum atomic E-state index is -0.727. The van der Waals surface area contributed by atoms with Crippen LogP contribution >= 0.6 is 23.5 Å². The number of carbonyl (C=O) groups excluding carboxylic acids is 2. The fourth-order valence-corrected chi connectivity index (χ4v) is 6.02. The van der Waals surface area contributed by atoms with Crippen molar-refractivity contribution >= 4 is 61.2 Å². The molecule has 0 bridgehead atoms. The third kappa shape index (κ3) is 4.24. The van der Waals surface area contributed by atoms with Crippen molar-refractivity contribution < 1.29 is 19.1 Å². The van der Waals surface area contributed by atoms with Crippen LogP contribution in [0.5, 0.6) is 0 Å². The molecule has 4 rings (SSSR count). The molecule has 0 radical (unpaired) electrons. The average Bonchev–Trinajstić information content (AvgIpc) is 3.21. The molecule has 0 spiro atoms. The normalized spacial score (nSPS) is 15.1. The zero-order valence-corrected chi connectivity index (χ0v) is 20.5. The number of carbonyl (C=O) groups is 2. The molecule has 166 valence electrons. The summed E-state index contributed by atoms with van der Waals surface area (Å²) >= 11 is 2.21. The summed E-state index contributed by atoms with van der Waals surface area (Å²) < 4.78 is 11.7. The van der Waals surface area contributed by atoms with Gasteiger partial charge in [-0.15, -0.1) is 0 Å². The topological polar surface area (TPSA) is 69.7 Å². The number of rotatable bonds is 2. The lowest BCUT2D eigenvalue weighted by atomic mass is 10.1. The Morgan fingerprint density at radius 3 is 1.69 bits per heavy atom. The van der Waals surface area contributed by atoms with Crippen LogP contribution in [-0.4, -0.2) is 23.1 Å². The number of hydrogen-bond acceptors (Lipinski definition) is 7. The van der Waals surface area contributed by atoms with Gasteiger partial charge in [-0.3, -0.25) is 4.79 Å². The highest BCUT2D eigenvalue weighted by Crippen LogP contribution is 2.51. The van der Waals surface area contributed by atoms with Crippen molar-refractivity contribution in [2.75, 3.05) is 0 Å². The first-order chi connectivity index (χ1) is 14.9. The van der Waals surface area contributed by atoms with Gasteiger partial charge >= 0.3 is 11.9 Å². The predicted molar refractivity (Wildman–Crippen MR) is 131 cm³/mol. The van der Waals surface area contributed by atoms with E-state index in [-0.39, 0.29) is 15.2 Å². The van der Waals surface area contributed by atoms with Crippen LogP contribution in [0.25, 0.3) is 25.8 Å². The minimum Gasteiger partial charge on any atom is -0.456 e. The van der Waals surface area contributed by atoms with Gasteiger partial charge in [0.05, 0.1) is 9.46 Å². The maximum absolute atomic E-state index is 13.3. The van der Waals surface area contributed by atoms with Crippen molar-refractivity contribution in [2.24, 2.45) is 0 Å². The highest BCUT2D eigenvalue weighted by Gasteiger charge is 2.37. The third-order valence-electron chi connectivity index (χ3n) is 4.61. The number of ether oxygens (including phenoxy) is 2. The van der Waals surface area contributed by atoms with Crippen molar-refractivity contribution in [1.82, 2.24) is 0 Å². The Bertz CT molecular complexity index is 1340. The predicted octanol–water partition coefficient (Wildman–Crippen LogP) is 4.95. The van der Waals surface area contributed by atoms with Gasteiger partial charge in [0.15, 0.2) is 5.43 Å². The molecular formula is C25H24O5S2. The van der Waals surface area contributed by atoms with Crippen LogP contribution in [0.15, 0.2) is 51.0 Å².